The number of hydrogen-bond acceptors (Lipinski definition) is 5. The summed E-state index contributed by atoms with van der Waals surface area (Å²) in [6.07, 6.45) is 5.49. The van der Waals surface area contributed by atoms with Crippen molar-refractivity contribution in [2.75, 3.05) is 24.2 Å². The minimum Gasteiger partial charge on any atom is -0.495 e. The Morgan fingerprint density at radius 2 is 1.72 bits per heavy atom. The predicted octanol–water partition coefficient (Wildman–Crippen LogP) is 3.64. The van der Waals surface area contributed by atoms with Crippen LogP contribution in [0.2, 0.25) is 0 Å². The normalized spacial score (nSPS) is 14.8. The number of sulfonamides is 1. The molecular weight excluding hydrogens is 478 g/mol. The molecule has 2 aromatic rings. The largest absolute Gasteiger partial charge is 0.495 e. The quantitative estimate of drug-likeness (QED) is 0.493. The number of ether oxygens (including phenoxy) is 1. The van der Waals surface area contributed by atoms with E-state index in [9.17, 15) is 18.0 Å². The monoisotopic (exact) mass is 515 g/mol. The number of nitrogens with zero attached hydrogens (tertiary/aromatic N) is 2. The van der Waals surface area contributed by atoms with Crippen molar-refractivity contribution in [1.29, 1.82) is 0 Å². The van der Waals surface area contributed by atoms with Crippen molar-refractivity contribution in [3.05, 3.63) is 59.7 Å². The van der Waals surface area contributed by atoms with Crippen molar-refractivity contribution < 1.29 is 22.7 Å². The van der Waals surface area contributed by atoms with Crippen LogP contribution in [0.25, 0.3) is 0 Å². The number of rotatable bonds is 11. The molecule has 0 aliphatic heterocycles. The van der Waals surface area contributed by atoms with Crippen molar-refractivity contribution >= 4 is 27.5 Å². The summed E-state index contributed by atoms with van der Waals surface area (Å²) < 4.78 is 32.0. The summed E-state index contributed by atoms with van der Waals surface area (Å²) in [5.41, 5.74) is 2.22. The van der Waals surface area contributed by atoms with Crippen LogP contribution in [0.1, 0.15) is 50.2 Å². The predicted molar refractivity (Wildman–Crippen MR) is 141 cm³/mol. The van der Waals surface area contributed by atoms with Crippen LogP contribution < -0.4 is 14.4 Å². The summed E-state index contributed by atoms with van der Waals surface area (Å²) in [5.74, 6) is -0.319. The fourth-order valence-electron chi connectivity index (χ4n) is 4.61. The number of carbonyl (C=O) groups excluding carboxylic acids is 2. The van der Waals surface area contributed by atoms with E-state index in [1.807, 2.05) is 38.1 Å². The van der Waals surface area contributed by atoms with Crippen LogP contribution in [-0.4, -0.2) is 57.1 Å². The molecule has 1 fully saturated rings. The highest BCUT2D eigenvalue weighted by Crippen LogP contribution is 2.30. The topological polar surface area (TPSA) is 96.0 Å². The van der Waals surface area contributed by atoms with Crippen molar-refractivity contribution in [2.24, 2.45) is 0 Å². The van der Waals surface area contributed by atoms with E-state index in [-0.39, 0.29) is 24.2 Å². The number of benzene rings is 2. The first-order valence-electron chi connectivity index (χ1n) is 12.4. The zero-order valence-corrected chi connectivity index (χ0v) is 22.4. The Morgan fingerprint density at radius 3 is 2.31 bits per heavy atom. The maximum Gasteiger partial charge on any atom is 0.244 e. The van der Waals surface area contributed by atoms with E-state index in [0.29, 0.717) is 12.2 Å². The van der Waals surface area contributed by atoms with Gasteiger partial charge in [-0.3, -0.25) is 13.9 Å². The molecule has 3 rings (SSSR count). The van der Waals surface area contributed by atoms with Crippen LogP contribution in [0.5, 0.6) is 5.75 Å². The first kappa shape index (κ1) is 27.5. The summed E-state index contributed by atoms with van der Waals surface area (Å²) in [6, 6.07) is 13.8. The molecule has 1 aliphatic rings. The Bertz CT molecular complexity index is 1140. The highest BCUT2D eigenvalue weighted by molar-refractivity contribution is 7.92. The highest BCUT2D eigenvalue weighted by Gasteiger charge is 2.33. The molecule has 0 aromatic heterocycles. The molecule has 1 saturated carbocycles. The van der Waals surface area contributed by atoms with Gasteiger partial charge in [-0.2, -0.15) is 0 Å². The molecule has 0 spiro atoms. The Kier molecular flexibility index (Phi) is 9.37. The number of anilines is 1. The van der Waals surface area contributed by atoms with E-state index in [0.717, 1.165) is 47.4 Å². The lowest BCUT2D eigenvalue weighted by Gasteiger charge is -2.33. The van der Waals surface area contributed by atoms with Gasteiger partial charge in [0, 0.05) is 12.6 Å². The lowest BCUT2D eigenvalue weighted by Crippen LogP contribution is -2.53. The van der Waals surface area contributed by atoms with Gasteiger partial charge in [0.15, 0.2) is 0 Å². The van der Waals surface area contributed by atoms with Gasteiger partial charge >= 0.3 is 0 Å². The molecule has 36 heavy (non-hydrogen) atoms. The van der Waals surface area contributed by atoms with Gasteiger partial charge in [-0.05, 0) is 43.9 Å². The molecule has 0 heterocycles. The minimum atomic E-state index is -3.82. The first-order chi connectivity index (χ1) is 17.1. The van der Waals surface area contributed by atoms with Crippen molar-refractivity contribution in [2.45, 2.75) is 64.6 Å². The second-order valence-corrected chi connectivity index (χ2v) is 11.3. The molecule has 8 nitrogen and oxygen atoms in total. The standard InChI is InChI=1S/C27H37N3O5S/c1-5-23(27(32)28-22-10-6-7-11-22)29(18-21-16-14-20(2)15-17-21)26(31)19-30(36(4,33)34)24-12-8-9-13-25(24)35-3/h8-9,12-17,22-23H,5-7,10-11,18-19H2,1-4H3,(H,28,32)/t23-/m0/s1. The number of para-hydroxylation sites is 2. The molecule has 1 N–H and O–H groups in total. The summed E-state index contributed by atoms with van der Waals surface area (Å²) in [4.78, 5) is 28.6. The van der Waals surface area contributed by atoms with Gasteiger partial charge < -0.3 is 15.0 Å². The maximum absolute atomic E-state index is 13.8. The summed E-state index contributed by atoms with van der Waals surface area (Å²) in [7, 11) is -2.37. The van der Waals surface area contributed by atoms with Crippen LogP contribution in [0.4, 0.5) is 5.69 Å². The molecule has 0 saturated heterocycles. The Hall–Kier alpha value is -3.07. The molecule has 1 atom stereocenters. The Labute approximate surface area is 214 Å². The number of methoxy groups -OCH3 is 1. The molecule has 1 aliphatic carbocycles. The number of nitrogens with one attached hydrogen (secondary N) is 1. The third kappa shape index (κ3) is 7.00. The molecule has 2 amide bonds. The molecule has 196 valence electrons. The maximum atomic E-state index is 13.8. The van der Waals surface area contributed by atoms with Gasteiger partial charge in [0.05, 0.1) is 19.1 Å². The van der Waals surface area contributed by atoms with E-state index in [1.165, 1.54) is 12.0 Å². The average molecular weight is 516 g/mol. The molecule has 0 bridgehead atoms. The van der Waals surface area contributed by atoms with Gasteiger partial charge in [0.25, 0.3) is 0 Å². The SMILES string of the molecule is CC[C@@H](C(=O)NC1CCCC1)N(Cc1ccc(C)cc1)C(=O)CN(c1ccccc1OC)S(C)(=O)=O. The van der Waals surface area contributed by atoms with Crippen LogP contribution in [0.3, 0.4) is 0 Å². The summed E-state index contributed by atoms with van der Waals surface area (Å²) >= 11 is 0. The van der Waals surface area contributed by atoms with Crippen LogP contribution in [-0.2, 0) is 26.2 Å². The van der Waals surface area contributed by atoms with Crippen molar-refractivity contribution in [3.8, 4) is 5.75 Å². The molecule has 0 unspecified atom stereocenters. The van der Waals surface area contributed by atoms with Crippen molar-refractivity contribution in [1.82, 2.24) is 10.2 Å². The van der Waals surface area contributed by atoms with E-state index in [1.54, 1.807) is 24.3 Å². The number of hydrogen-bond donors (Lipinski definition) is 1. The number of carbonyl (C=O) groups is 2. The van der Waals surface area contributed by atoms with Crippen LogP contribution in [0.15, 0.2) is 48.5 Å². The number of aryl methyl sites for hydroxylation is 1. The van der Waals surface area contributed by atoms with E-state index < -0.39 is 28.5 Å². The van der Waals surface area contributed by atoms with Gasteiger partial charge in [0.1, 0.15) is 18.3 Å². The van der Waals surface area contributed by atoms with Gasteiger partial charge in [-0.1, -0.05) is 61.7 Å². The first-order valence-corrected chi connectivity index (χ1v) is 14.2. The average Bonchev–Trinajstić information content (AvgIpc) is 3.35. The summed E-state index contributed by atoms with van der Waals surface area (Å²) in [6.45, 7) is 3.59. The fraction of sp³-hybridized carbons (Fsp3) is 0.481. The zero-order chi connectivity index (χ0) is 26.3. The third-order valence-electron chi connectivity index (χ3n) is 6.59. The van der Waals surface area contributed by atoms with E-state index in [2.05, 4.69) is 5.32 Å². The second-order valence-electron chi connectivity index (χ2n) is 9.36. The Morgan fingerprint density at radius 1 is 1.08 bits per heavy atom. The Balaban J connectivity index is 1.94. The molecular formula is C27H37N3O5S. The lowest BCUT2D eigenvalue weighted by molar-refractivity contribution is -0.140. The smallest absolute Gasteiger partial charge is 0.244 e. The van der Waals surface area contributed by atoms with Crippen LogP contribution >= 0.6 is 0 Å². The number of amides is 2. The molecule has 9 heteroatoms. The van der Waals surface area contributed by atoms with E-state index in [4.69, 9.17) is 4.74 Å². The summed E-state index contributed by atoms with van der Waals surface area (Å²) in [5, 5.41) is 3.11. The van der Waals surface area contributed by atoms with Crippen molar-refractivity contribution in [3.63, 3.8) is 0 Å². The van der Waals surface area contributed by atoms with Gasteiger partial charge in [0.2, 0.25) is 21.8 Å². The highest BCUT2D eigenvalue weighted by atomic mass is 32.2. The lowest BCUT2D eigenvalue weighted by atomic mass is 10.1. The fourth-order valence-corrected chi connectivity index (χ4v) is 5.46. The van der Waals surface area contributed by atoms with Crippen LogP contribution in [0, 0.1) is 6.92 Å². The van der Waals surface area contributed by atoms with Gasteiger partial charge in [-0.25, -0.2) is 8.42 Å². The van der Waals surface area contributed by atoms with E-state index >= 15 is 0 Å². The minimum absolute atomic E-state index is 0.115. The second kappa shape index (κ2) is 12.3. The zero-order valence-electron chi connectivity index (χ0n) is 21.6. The molecule has 0 radical (unpaired) electrons. The molecule has 2 aromatic carbocycles. The third-order valence-corrected chi connectivity index (χ3v) is 7.72. The van der Waals surface area contributed by atoms with Gasteiger partial charge in [-0.15, -0.1) is 0 Å².